The minimum atomic E-state index is 0.249. The lowest BCUT2D eigenvalue weighted by molar-refractivity contribution is -0.133. The summed E-state index contributed by atoms with van der Waals surface area (Å²) in [5.74, 6) is 0.624. The van der Waals surface area contributed by atoms with Crippen molar-refractivity contribution >= 4 is 11.7 Å². The van der Waals surface area contributed by atoms with Crippen LogP contribution in [0, 0.1) is 0 Å². The second kappa shape index (κ2) is 5.83. The first-order chi connectivity index (χ1) is 8.61. The molecule has 2 aliphatic rings. The molecule has 1 amide bonds. The van der Waals surface area contributed by atoms with E-state index < -0.39 is 0 Å². The largest absolute Gasteiger partial charge is 0.339 e. The van der Waals surface area contributed by atoms with Crippen LogP contribution in [0.5, 0.6) is 0 Å². The number of carbonyl (C=O) groups excluding carboxylic acids is 2. The zero-order valence-electron chi connectivity index (χ0n) is 11.5. The van der Waals surface area contributed by atoms with Crippen LogP contribution in [0.4, 0.5) is 0 Å². The van der Waals surface area contributed by atoms with Gasteiger partial charge in [-0.2, -0.15) is 0 Å². The third-order valence-electron chi connectivity index (χ3n) is 4.17. The average molecular weight is 252 g/mol. The maximum atomic E-state index is 12.2. The van der Waals surface area contributed by atoms with Gasteiger partial charge in [0.25, 0.3) is 0 Å². The first-order valence-electron chi connectivity index (χ1n) is 7.13. The number of nitrogens with zero attached hydrogens (tertiary/aromatic N) is 2. The summed E-state index contributed by atoms with van der Waals surface area (Å²) in [6.07, 6.45) is 5.53. The van der Waals surface area contributed by atoms with Crippen LogP contribution in [0.15, 0.2) is 0 Å². The molecule has 0 N–H and O–H groups in total. The summed E-state index contributed by atoms with van der Waals surface area (Å²) in [5.41, 5.74) is 0. The number of likely N-dealkylation sites (N-methyl/N-ethyl adjacent to an activating group) is 2. The maximum absolute atomic E-state index is 12.2. The van der Waals surface area contributed by atoms with Crippen LogP contribution in [0.25, 0.3) is 0 Å². The van der Waals surface area contributed by atoms with Gasteiger partial charge >= 0.3 is 0 Å². The fraction of sp³-hybridized carbons (Fsp3) is 0.857. The number of Topliss-reactive ketones (excluding diaryl/α,β-unsaturated/α-hetero) is 1. The van der Waals surface area contributed by atoms with Gasteiger partial charge in [0.1, 0.15) is 5.78 Å². The summed E-state index contributed by atoms with van der Waals surface area (Å²) >= 11 is 0. The molecule has 102 valence electrons. The van der Waals surface area contributed by atoms with Crippen LogP contribution < -0.4 is 0 Å². The summed E-state index contributed by atoms with van der Waals surface area (Å²) in [7, 11) is 2.01. The molecule has 4 nitrogen and oxygen atoms in total. The van der Waals surface area contributed by atoms with E-state index in [1.807, 2.05) is 11.9 Å². The van der Waals surface area contributed by atoms with E-state index in [9.17, 15) is 9.59 Å². The van der Waals surface area contributed by atoms with Crippen LogP contribution in [0.1, 0.15) is 45.4 Å². The zero-order valence-corrected chi connectivity index (χ0v) is 11.5. The van der Waals surface area contributed by atoms with E-state index in [0.29, 0.717) is 37.3 Å². The van der Waals surface area contributed by atoms with Crippen molar-refractivity contribution in [3.8, 4) is 0 Å². The number of rotatable bonds is 5. The van der Waals surface area contributed by atoms with Gasteiger partial charge in [-0.15, -0.1) is 0 Å². The standard InChI is InChI=1S/C14H24N2O2/c1-3-16(12-4-5-12)14(18)10-15(2)11-6-8-13(17)9-7-11/h11-12H,3-10H2,1-2H3. The Bertz CT molecular complexity index is 316. The molecule has 0 heterocycles. The number of hydrogen-bond donors (Lipinski definition) is 0. The molecule has 0 aliphatic heterocycles. The highest BCUT2D eigenvalue weighted by Gasteiger charge is 2.32. The normalized spacial score (nSPS) is 21.4. The molecule has 2 saturated carbocycles. The Morgan fingerprint density at radius 1 is 1.17 bits per heavy atom. The molecular formula is C14H24N2O2. The van der Waals surface area contributed by atoms with Gasteiger partial charge < -0.3 is 4.90 Å². The second-order valence-electron chi connectivity index (χ2n) is 5.60. The quantitative estimate of drug-likeness (QED) is 0.743. The molecule has 0 atom stereocenters. The predicted molar refractivity (Wildman–Crippen MR) is 70.3 cm³/mol. The number of hydrogen-bond acceptors (Lipinski definition) is 3. The summed E-state index contributed by atoms with van der Waals surface area (Å²) < 4.78 is 0. The van der Waals surface area contributed by atoms with Crippen molar-refractivity contribution in [2.75, 3.05) is 20.1 Å². The van der Waals surface area contributed by atoms with Gasteiger partial charge in [-0.25, -0.2) is 0 Å². The summed E-state index contributed by atoms with van der Waals surface area (Å²) in [6, 6.07) is 0.911. The van der Waals surface area contributed by atoms with E-state index in [2.05, 4.69) is 11.8 Å². The Balaban J connectivity index is 1.80. The van der Waals surface area contributed by atoms with Gasteiger partial charge in [0, 0.05) is 31.5 Å². The first-order valence-corrected chi connectivity index (χ1v) is 7.13. The first kappa shape index (κ1) is 13.5. The molecule has 0 bridgehead atoms. The molecule has 0 unspecified atom stereocenters. The second-order valence-corrected chi connectivity index (χ2v) is 5.60. The van der Waals surface area contributed by atoms with Crippen LogP contribution in [-0.4, -0.2) is 53.7 Å². The smallest absolute Gasteiger partial charge is 0.236 e. The molecule has 0 aromatic carbocycles. The molecule has 0 aromatic heterocycles. The predicted octanol–water partition coefficient (Wildman–Crippen LogP) is 1.44. The van der Waals surface area contributed by atoms with Crippen LogP contribution >= 0.6 is 0 Å². The fourth-order valence-electron chi connectivity index (χ4n) is 2.82. The highest BCUT2D eigenvalue weighted by Crippen LogP contribution is 2.27. The van der Waals surface area contributed by atoms with Crippen molar-refractivity contribution in [2.45, 2.75) is 57.5 Å². The van der Waals surface area contributed by atoms with Gasteiger partial charge in [-0.1, -0.05) is 0 Å². The zero-order chi connectivity index (χ0) is 13.1. The minimum absolute atomic E-state index is 0.249. The van der Waals surface area contributed by atoms with Crippen molar-refractivity contribution in [1.29, 1.82) is 0 Å². The van der Waals surface area contributed by atoms with Gasteiger partial charge in [0.2, 0.25) is 5.91 Å². The lowest BCUT2D eigenvalue weighted by Crippen LogP contribution is -2.44. The Labute approximate surface area is 109 Å². The molecule has 0 saturated heterocycles. The van der Waals surface area contributed by atoms with E-state index in [1.54, 1.807) is 0 Å². The van der Waals surface area contributed by atoms with Gasteiger partial charge in [0.15, 0.2) is 0 Å². The molecule has 0 aromatic rings. The van der Waals surface area contributed by atoms with Crippen LogP contribution in [0.2, 0.25) is 0 Å². The van der Waals surface area contributed by atoms with Crippen molar-refractivity contribution < 1.29 is 9.59 Å². The number of amides is 1. The summed E-state index contributed by atoms with van der Waals surface area (Å²) in [6.45, 7) is 3.37. The van der Waals surface area contributed by atoms with E-state index in [0.717, 1.165) is 19.4 Å². The molecule has 2 rings (SSSR count). The third-order valence-corrected chi connectivity index (χ3v) is 4.17. The third kappa shape index (κ3) is 3.31. The highest BCUT2D eigenvalue weighted by atomic mass is 16.2. The fourth-order valence-corrected chi connectivity index (χ4v) is 2.82. The van der Waals surface area contributed by atoms with Crippen molar-refractivity contribution in [3.63, 3.8) is 0 Å². The van der Waals surface area contributed by atoms with Crippen molar-refractivity contribution in [1.82, 2.24) is 9.80 Å². The SMILES string of the molecule is CCN(C(=O)CN(C)C1CCC(=O)CC1)C1CC1. The van der Waals surface area contributed by atoms with Crippen molar-refractivity contribution in [3.05, 3.63) is 0 Å². The summed E-state index contributed by atoms with van der Waals surface area (Å²) in [5, 5.41) is 0. The highest BCUT2D eigenvalue weighted by molar-refractivity contribution is 5.80. The maximum Gasteiger partial charge on any atom is 0.236 e. The molecule has 18 heavy (non-hydrogen) atoms. The van der Waals surface area contributed by atoms with Gasteiger partial charge in [0.05, 0.1) is 6.54 Å². The Hall–Kier alpha value is -0.900. The lowest BCUT2D eigenvalue weighted by Gasteiger charge is -2.32. The Kier molecular flexibility index (Phi) is 4.38. The van der Waals surface area contributed by atoms with Gasteiger partial charge in [-0.3, -0.25) is 14.5 Å². The molecule has 2 fully saturated rings. The Morgan fingerprint density at radius 3 is 2.28 bits per heavy atom. The molecular weight excluding hydrogens is 228 g/mol. The molecule has 0 spiro atoms. The van der Waals surface area contributed by atoms with Crippen LogP contribution in [-0.2, 0) is 9.59 Å². The molecule has 0 radical (unpaired) electrons. The Morgan fingerprint density at radius 2 is 1.78 bits per heavy atom. The molecule has 2 aliphatic carbocycles. The number of carbonyl (C=O) groups is 2. The minimum Gasteiger partial charge on any atom is -0.339 e. The van der Waals surface area contributed by atoms with E-state index in [4.69, 9.17) is 0 Å². The van der Waals surface area contributed by atoms with Crippen LogP contribution in [0.3, 0.4) is 0 Å². The number of ketones is 1. The van der Waals surface area contributed by atoms with E-state index >= 15 is 0 Å². The molecule has 4 heteroatoms. The summed E-state index contributed by atoms with van der Waals surface area (Å²) in [4.78, 5) is 27.5. The van der Waals surface area contributed by atoms with Gasteiger partial charge in [-0.05, 0) is 39.7 Å². The van der Waals surface area contributed by atoms with E-state index in [1.165, 1.54) is 12.8 Å². The van der Waals surface area contributed by atoms with E-state index in [-0.39, 0.29) is 5.91 Å². The monoisotopic (exact) mass is 252 g/mol. The topological polar surface area (TPSA) is 40.6 Å². The lowest BCUT2D eigenvalue weighted by atomic mass is 9.93. The average Bonchev–Trinajstić information content (AvgIpc) is 3.15. The van der Waals surface area contributed by atoms with Crippen molar-refractivity contribution in [2.24, 2.45) is 0 Å².